The van der Waals surface area contributed by atoms with Gasteiger partial charge in [0.1, 0.15) is 5.75 Å². The normalized spacial score (nSPS) is 17.4. The molecular formula is C14H18O2. The maximum absolute atomic E-state index is 5.43. The van der Waals surface area contributed by atoms with Crippen molar-refractivity contribution in [3.8, 4) is 5.75 Å². The zero-order valence-corrected chi connectivity index (χ0v) is 9.90. The zero-order chi connectivity index (χ0) is 11.4. The van der Waals surface area contributed by atoms with Crippen molar-refractivity contribution in [3.05, 3.63) is 42.2 Å². The number of benzene rings is 1. The van der Waals surface area contributed by atoms with E-state index in [0.29, 0.717) is 6.61 Å². The van der Waals surface area contributed by atoms with Gasteiger partial charge in [0.15, 0.2) is 0 Å². The summed E-state index contributed by atoms with van der Waals surface area (Å²) < 4.78 is 10.4. The Morgan fingerprint density at radius 3 is 2.44 bits per heavy atom. The van der Waals surface area contributed by atoms with Gasteiger partial charge in [-0.15, -0.1) is 0 Å². The fourth-order valence-electron chi connectivity index (χ4n) is 1.93. The summed E-state index contributed by atoms with van der Waals surface area (Å²) in [5.41, 5.74) is 1.57. The summed E-state index contributed by atoms with van der Waals surface area (Å²) >= 11 is 0. The predicted octanol–water partition coefficient (Wildman–Crippen LogP) is 3.28. The Morgan fingerprint density at radius 2 is 1.94 bits per heavy atom. The lowest BCUT2D eigenvalue weighted by Gasteiger charge is -2.11. The molecule has 0 spiro atoms. The summed E-state index contributed by atoms with van der Waals surface area (Å²) in [5, 5.41) is 0. The summed E-state index contributed by atoms with van der Waals surface area (Å²) in [6.07, 6.45) is 6.35. The van der Waals surface area contributed by atoms with Crippen molar-refractivity contribution in [2.45, 2.75) is 25.2 Å². The van der Waals surface area contributed by atoms with E-state index in [0.717, 1.165) is 5.75 Å². The minimum absolute atomic E-state index is 0.223. The summed E-state index contributed by atoms with van der Waals surface area (Å²) in [6, 6.07) is 8.38. The molecule has 0 amide bonds. The van der Waals surface area contributed by atoms with E-state index in [1.165, 1.54) is 18.4 Å². The van der Waals surface area contributed by atoms with Gasteiger partial charge in [-0.3, -0.25) is 0 Å². The van der Waals surface area contributed by atoms with Gasteiger partial charge in [-0.1, -0.05) is 12.1 Å². The van der Waals surface area contributed by atoms with E-state index in [1.807, 2.05) is 19.1 Å². The molecule has 1 fully saturated rings. The molecule has 0 unspecified atom stereocenters. The minimum Gasteiger partial charge on any atom is -0.505 e. The first-order chi connectivity index (χ1) is 7.80. The first-order valence-electron chi connectivity index (χ1n) is 5.74. The number of methoxy groups -OCH3 is 1. The monoisotopic (exact) mass is 218 g/mol. The molecule has 0 aliphatic heterocycles. The van der Waals surface area contributed by atoms with Crippen LogP contribution in [-0.4, -0.2) is 13.7 Å². The first-order valence-corrected chi connectivity index (χ1v) is 5.74. The van der Waals surface area contributed by atoms with Crippen LogP contribution < -0.4 is 4.74 Å². The van der Waals surface area contributed by atoms with Gasteiger partial charge in [0, 0.05) is 5.41 Å². The molecule has 2 heteroatoms. The fourth-order valence-corrected chi connectivity index (χ4v) is 1.93. The Hall–Kier alpha value is -1.44. The van der Waals surface area contributed by atoms with Crippen LogP contribution in [0.5, 0.6) is 5.75 Å². The lowest BCUT2D eigenvalue weighted by Crippen LogP contribution is -2.02. The highest BCUT2D eigenvalue weighted by atomic mass is 16.5. The van der Waals surface area contributed by atoms with Gasteiger partial charge in [0.05, 0.1) is 20.0 Å². The molecule has 86 valence electrons. The Bertz CT molecular complexity index is 361. The van der Waals surface area contributed by atoms with Gasteiger partial charge < -0.3 is 9.47 Å². The van der Waals surface area contributed by atoms with Gasteiger partial charge >= 0.3 is 0 Å². The van der Waals surface area contributed by atoms with Crippen LogP contribution >= 0.6 is 0 Å². The Labute approximate surface area is 96.9 Å². The topological polar surface area (TPSA) is 18.5 Å². The largest absolute Gasteiger partial charge is 0.505 e. The van der Waals surface area contributed by atoms with Crippen molar-refractivity contribution in [1.82, 2.24) is 0 Å². The molecule has 16 heavy (non-hydrogen) atoms. The lowest BCUT2D eigenvalue weighted by atomic mass is 9.96. The van der Waals surface area contributed by atoms with Crippen molar-refractivity contribution >= 4 is 0 Å². The van der Waals surface area contributed by atoms with Gasteiger partial charge in [-0.25, -0.2) is 0 Å². The standard InChI is InChI=1S/C14H18O2/c1-3-16-13-6-4-12(5-7-13)14(8-9-14)10-11-15-2/h4-7,10-11H,3,8-9H2,1-2H3/b11-10+. The van der Waals surface area contributed by atoms with Crippen LogP contribution in [0.25, 0.3) is 0 Å². The molecule has 0 N–H and O–H groups in total. The summed E-state index contributed by atoms with van der Waals surface area (Å²) in [4.78, 5) is 0. The fraction of sp³-hybridized carbons (Fsp3) is 0.429. The molecule has 1 saturated carbocycles. The number of hydrogen-bond acceptors (Lipinski definition) is 2. The van der Waals surface area contributed by atoms with Crippen LogP contribution in [0.2, 0.25) is 0 Å². The minimum atomic E-state index is 0.223. The van der Waals surface area contributed by atoms with Crippen LogP contribution in [0.4, 0.5) is 0 Å². The third kappa shape index (κ3) is 2.21. The number of allylic oxidation sites excluding steroid dienone is 1. The van der Waals surface area contributed by atoms with Crippen LogP contribution in [-0.2, 0) is 10.2 Å². The molecule has 0 bridgehead atoms. The highest BCUT2D eigenvalue weighted by molar-refractivity contribution is 5.40. The molecule has 2 nitrogen and oxygen atoms in total. The highest BCUT2D eigenvalue weighted by Crippen LogP contribution is 2.49. The zero-order valence-electron chi connectivity index (χ0n) is 9.90. The Kier molecular flexibility index (Phi) is 3.18. The molecule has 1 aromatic rings. The van der Waals surface area contributed by atoms with E-state index in [1.54, 1.807) is 13.4 Å². The average Bonchev–Trinajstić information content (AvgIpc) is 3.09. The Morgan fingerprint density at radius 1 is 1.25 bits per heavy atom. The first kappa shape index (κ1) is 11.1. The van der Waals surface area contributed by atoms with Gasteiger partial charge in [0.2, 0.25) is 0 Å². The van der Waals surface area contributed by atoms with Gasteiger partial charge in [-0.2, -0.15) is 0 Å². The third-order valence-electron chi connectivity index (χ3n) is 3.05. The smallest absolute Gasteiger partial charge is 0.119 e. The van der Waals surface area contributed by atoms with E-state index in [4.69, 9.17) is 9.47 Å². The molecule has 0 heterocycles. The number of rotatable bonds is 5. The molecule has 0 saturated heterocycles. The van der Waals surface area contributed by atoms with Gasteiger partial charge in [-0.05, 0) is 43.5 Å². The molecule has 0 aromatic heterocycles. The van der Waals surface area contributed by atoms with E-state index in [2.05, 4.69) is 18.2 Å². The maximum atomic E-state index is 5.43. The van der Waals surface area contributed by atoms with Crippen molar-refractivity contribution in [2.24, 2.45) is 0 Å². The second-order valence-corrected chi connectivity index (χ2v) is 4.15. The summed E-state index contributed by atoms with van der Waals surface area (Å²) in [5.74, 6) is 0.942. The van der Waals surface area contributed by atoms with E-state index < -0.39 is 0 Å². The second kappa shape index (κ2) is 4.60. The maximum Gasteiger partial charge on any atom is 0.119 e. The molecule has 2 rings (SSSR count). The third-order valence-corrected chi connectivity index (χ3v) is 3.05. The van der Waals surface area contributed by atoms with Gasteiger partial charge in [0.25, 0.3) is 0 Å². The summed E-state index contributed by atoms with van der Waals surface area (Å²) in [7, 11) is 1.69. The molecular weight excluding hydrogens is 200 g/mol. The van der Waals surface area contributed by atoms with E-state index in [9.17, 15) is 0 Å². The van der Waals surface area contributed by atoms with E-state index >= 15 is 0 Å². The quantitative estimate of drug-likeness (QED) is 0.706. The van der Waals surface area contributed by atoms with Crippen molar-refractivity contribution in [1.29, 1.82) is 0 Å². The van der Waals surface area contributed by atoms with Crippen LogP contribution in [0.1, 0.15) is 25.3 Å². The second-order valence-electron chi connectivity index (χ2n) is 4.15. The number of ether oxygens (including phenoxy) is 2. The predicted molar refractivity (Wildman–Crippen MR) is 64.7 cm³/mol. The SMILES string of the molecule is CCOc1ccc(C2(/C=C/OC)CC2)cc1. The summed E-state index contributed by atoms with van der Waals surface area (Å²) in [6.45, 7) is 2.71. The van der Waals surface area contributed by atoms with Crippen LogP contribution in [0, 0.1) is 0 Å². The van der Waals surface area contributed by atoms with Crippen molar-refractivity contribution in [3.63, 3.8) is 0 Å². The molecule has 1 aliphatic rings. The molecule has 1 aliphatic carbocycles. The highest BCUT2D eigenvalue weighted by Gasteiger charge is 2.41. The van der Waals surface area contributed by atoms with Crippen molar-refractivity contribution < 1.29 is 9.47 Å². The lowest BCUT2D eigenvalue weighted by molar-refractivity contribution is 0.335. The van der Waals surface area contributed by atoms with Crippen LogP contribution in [0.3, 0.4) is 0 Å². The molecule has 0 atom stereocenters. The number of hydrogen-bond donors (Lipinski definition) is 0. The molecule has 0 radical (unpaired) electrons. The van der Waals surface area contributed by atoms with Crippen LogP contribution in [0.15, 0.2) is 36.6 Å². The van der Waals surface area contributed by atoms with E-state index in [-0.39, 0.29) is 5.41 Å². The molecule has 1 aromatic carbocycles. The Balaban J connectivity index is 2.12. The average molecular weight is 218 g/mol. The van der Waals surface area contributed by atoms with Crippen molar-refractivity contribution in [2.75, 3.05) is 13.7 Å².